The second-order valence-corrected chi connectivity index (χ2v) is 6.28. The fraction of sp³-hybridized carbons (Fsp3) is 0.923. The molecule has 2 saturated carbocycles. The fourth-order valence-corrected chi connectivity index (χ4v) is 2.87. The maximum Gasteiger partial charge on any atom is 0.224 e. The van der Waals surface area contributed by atoms with E-state index in [1.807, 2.05) is 0 Å². The third-order valence-corrected chi connectivity index (χ3v) is 4.42. The number of carbonyl (C=O) groups is 1. The summed E-state index contributed by atoms with van der Waals surface area (Å²) in [6.07, 6.45) is 6.83. The molecule has 1 amide bonds. The Bertz CT molecular complexity index is 280. The van der Waals surface area contributed by atoms with Crippen LogP contribution >= 0.6 is 0 Å². The first-order valence-electron chi connectivity index (χ1n) is 6.51. The predicted octanol–water partition coefficient (Wildman–Crippen LogP) is 1.81. The van der Waals surface area contributed by atoms with Crippen LogP contribution in [0.15, 0.2) is 0 Å². The third-order valence-electron chi connectivity index (χ3n) is 4.42. The number of nitrogens with two attached hydrogens (primary N) is 1. The van der Waals surface area contributed by atoms with E-state index in [-0.39, 0.29) is 22.8 Å². The van der Waals surface area contributed by atoms with Gasteiger partial charge in [-0.3, -0.25) is 4.79 Å². The molecule has 2 aliphatic carbocycles. The van der Waals surface area contributed by atoms with Gasteiger partial charge in [-0.1, -0.05) is 33.1 Å². The quantitative estimate of drug-likeness (QED) is 0.768. The van der Waals surface area contributed by atoms with Gasteiger partial charge in [0, 0.05) is 12.5 Å². The molecule has 2 fully saturated rings. The highest BCUT2D eigenvalue weighted by atomic mass is 16.2. The van der Waals surface area contributed by atoms with E-state index < -0.39 is 0 Å². The first kappa shape index (κ1) is 11.9. The maximum atomic E-state index is 12.1. The van der Waals surface area contributed by atoms with Crippen LogP contribution in [0.4, 0.5) is 0 Å². The Morgan fingerprint density at radius 3 is 2.31 bits per heavy atom. The molecule has 1 unspecified atom stereocenters. The SMILES string of the molecule is CC1(C)CC1C(=O)NC1(CN)CCCCC1. The molecule has 1 atom stereocenters. The zero-order chi connectivity index (χ0) is 11.8. The maximum absolute atomic E-state index is 12.1. The van der Waals surface area contributed by atoms with Crippen LogP contribution in [0.1, 0.15) is 52.4 Å². The smallest absolute Gasteiger partial charge is 0.224 e. The molecule has 0 radical (unpaired) electrons. The van der Waals surface area contributed by atoms with Gasteiger partial charge in [0.15, 0.2) is 0 Å². The predicted molar refractivity (Wildman–Crippen MR) is 64.9 cm³/mol. The molecule has 0 aliphatic heterocycles. The van der Waals surface area contributed by atoms with Gasteiger partial charge in [-0.05, 0) is 24.7 Å². The minimum Gasteiger partial charge on any atom is -0.349 e. The summed E-state index contributed by atoms with van der Waals surface area (Å²) in [6, 6.07) is 0. The molecule has 2 aliphatic rings. The number of hydrogen-bond donors (Lipinski definition) is 2. The van der Waals surface area contributed by atoms with E-state index in [9.17, 15) is 4.79 Å². The van der Waals surface area contributed by atoms with E-state index >= 15 is 0 Å². The molecule has 0 aromatic heterocycles. The van der Waals surface area contributed by atoms with Crippen LogP contribution in [0, 0.1) is 11.3 Å². The van der Waals surface area contributed by atoms with Crippen LogP contribution in [-0.2, 0) is 4.79 Å². The van der Waals surface area contributed by atoms with Crippen molar-refractivity contribution < 1.29 is 4.79 Å². The van der Waals surface area contributed by atoms with Crippen molar-refractivity contribution in [2.45, 2.75) is 57.9 Å². The Labute approximate surface area is 98.2 Å². The van der Waals surface area contributed by atoms with Crippen molar-refractivity contribution in [3.63, 3.8) is 0 Å². The summed E-state index contributed by atoms with van der Waals surface area (Å²) in [5, 5.41) is 3.24. The highest BCUT2D eigenvalue weighted by Crippen LogP contribution is 2.51. The second-order valence-electron chi connectivity index (χ2n) is 6.28. The number of rotatable bonds is 3. The van der Waals surface area contributed by atoms with Crippen LogP contribution in [0.25, 0.3) is 0 Å². The Morgan fingerprint density at radius 2 is 1.88 bits per heavy atom. The Morgan fingerprint density at radius 1 is 1.31 bits per heavy atom. The molecule has 3 heteroatoms. The summed E-state index contributed by atoms with van der Waals surface area (Å²) in [4.78, 5) is 12.1. The number of nitrogens with one attached hydrogen (secondary N) is 1. The average molecular weight is 224 g/mol. The summed E-state index contributed by atoms with van der Waals surface area (Å²) >= 11 is 0. The fourth-order valence-electron chi connectivity index (χ4n) is 2.87. The van der Waals surface area contributed by atoms with Crippen molar-refractivity contribution in [1.82, 2.24) is 5.32 Å². The van der Waals surface area contributed by atoms with Crippen molar-refractivity contribution in [1.29, 1.82) is 0 Å². The molecule has 0 saturated heterocycles. The summed E-state index contributed by atoms with van der Waals surface area (Å²) in [5.74, 6) is 0.454. The number of hydrogen-bond acceptors (Lipinski definition) is 2. The molecule has 16 heavy (non-hydrogen) atoms. The van der Waals surface area contributed by atoms with E-state index in [2.05, 4.69) is 19.2 Å². The van der Waals surface area contributed by atoms with E-state index in [1.54, 1.807) is 0 Å². The third kappa shape index (κ3) is 2.24. The molecule has 92 valence electrons. The van der Waals surface area contributed by atoms with Gasteiger partial charge in [0.25, 0.3) is 0 Å². The van der Waals surface area contributed by atoms with Crippen molar-refractivity contribution in [2.24, 2.45) is 17.1 Å². The second kappa shape index (κ2) is 4.02. The molecule has 0 aromatic rings. The summed E-state index contributed by atoms with van der Waals surface area (Å²) < 4.78 is 0. The minimum absolute atomic E-state index is 0.0893. The molecular formula is C13H24N2O. The van der Waals surface area contributed by atoms with E-state index in [0.717, 1.165) is 19.3 Å². The van der Waals surface area contributed by atoms with E-state index in [4.69, 9.17) is 5.73 Å². The Kier molecular flexibility index (Phi) is 2.99. The van der Waals surface area contributed by atoms with Gasteiger partial charge in [0.05, 0.1) is 5.54 Å². The van der Waals surface area contributed by atoms with Crippen molar-refractivity contribution in [3.8, 4) is 0 Å². The molecule has 0 heterocycles. The molecule has 0 bridgehead atoms. The summed E-state index contributed by atoms with van der Waals surface area (Å²) in [7, 11) is 0. The van der Waals surface area contributed by atoms with Crippen molar-refractivity contribution >= 4 is 5.91 Å². The topological polar surface area (TPSA) is 55.1 Å². The summed E-state index contributed by atoms with van der Waals surface area (Å²) in [6.45, 7) is 4.91. The van der Waals surface area contributed by atoms with Crippen LogP contribution in [0.3, 0.4) is 0 Å². The van der Waals surface area contributed by atoms with Gasteiger partial charge in [-0.15, -0.1) is 0 Å². The highest BCUT2D eigenvalue weighted by molar-refractivity contribution is 5.83. The van der Waals surface area contributed by atoms with Crippen LogP contribution < -0.4 is 11.1 Å². The number of carbonyl (C=O) groups excluding carboxylic acids is 1. The number of amides is 1. The van der Waals surface area contributed by atoms with E-state index in [0.29, 0.717) is 6.54 Å². The van der Waals surface area contributed by atoms with Gasteiger partial charge < -0.3 is 11.1 Å². The molecule has 0 aromatic carbocycles. The first-order valence-corrected chi connectivity index (χ1v) is 6.51. The largest absolute Gasteiger partial charge is 0.349 e. The zero-order valence-corrected chi connectivity index (χ0v) is 10.5. The normalized spacial score (nSPS) is 30.8. The lowest BCUT2D eigenvalue weighted by Crippen LogP contribution is -2.55. The Hall–Kier alpha value is -0.570. The van der Waals surface area contributed by atoms with Gasteiger partial charge >= 0.3 is 0 Å². The summed E-state index contributed by atoms with van der Waals surface area (Å²) in [5.41, 5.74) is 5.99. The van der Waals surface area contributed by atoms with Gasteiger partial charge in [0.2, 0.25) is 5.91 Å². The van der Waals surface area contributed by atoms with Crippen molar-refractivity contribution in [3.05, 3.63) is 0 Å². The van der Waals surface area contributed by atoms with Crippen LogP contribution in [-0.4, -0.2) is 18.0 Å². The Balaban J connectivity index is 1.94. The lowest BCUT2D eigenvalue weighted by atomic mass is 9.81. The van der Waals surface area contributed by atoms with Crippen LogP contribution in [0.5, 0.6) is 0 Å². The standard InChI is InChI=1S/C13H24N2O/c1-12(2)8-10(12)11(16)15-13(9-14)6-4-3-5-7-13/h10H,3-9,14H2,1-2H3,(H,15,16). The average Bonchev–Trinajstić information content (AvgIpc) is 2.89. The zero-order valence-electron chi connectivity index (χ0n) is 10.5. The van der Waals surface area contributed by atoms with Gasteiger partial charge in [0.1, 0.15) is 0 Å². The highest BCUT2D eigenvalue weighted by Gasteiger charge is 2.51. The van der Waals surface area contributed by atoms with Crippen LogP contribution in [0.2, 0.25) is 0 Å². The molecule has 3 N–H and O–H groups in total. The molecule has 2 rings (SSSR count). The monoisotopic (exact) mass is 224 g/mol. The van der Waals surface area contributed by atoms with Gasteiger partial charge in [-0.2, -0.15) is 0 Å². The molecule has 0 spiro atoms. The lowest BCUT2D eigenvalue weighted by Gasteiger charge is -2.37. The molecule has 3 nitrogen and oxygen atoms in total. The minimum atomic E-state index is -0.0893. The lowest BCUT2D eigenvalue weighted by molar-refractivity contribution is -0.125. The molecular weight excluding hydrogens is 200 g/mol. The first-order chi connectivity index (χ1) is 7.49. The van der Waals surface area contributed by atoms with Gasteiger partial charge in [-0.25, -0.2) is 0 Å². The van der Waals surface area contributed by atoms with E-state index in [1.165, 1.54) is 19.3 Å². The van der Waals surface area contributed by atoms with Crippen molar-refractivity contribution in [2.75, 3.05) is 6.54 Å².